The van der Waals surface area contributed by atoms with Crippen molar-refractivity contribution in [3.63, 3.8) is 0 Å². The van der Waals surface area contributed by atoms with Crippen LogP contribution in [0.4, 0.5) is 5.69 Å². The minimum Gasteiger partial charge on any atom is -0.469 e. The molecule has 6 heteroatoms. The number of nitrogens with zero attached hydrogens (tertiary/aromatic N) is 1. The van der Waals surface area contributed by atoms with Gasteiger partial charge in [-0.25, -0.2) is 0 Å². The Morgan fingerprint density at radius 1 is 1.30 bits per heavy atom. The van der Waals surface area contributed by atoms with Crippen molar-refractivity contribution in [2.24, 2.45) is 17.8 Å². The molecule has 0 aliphatic heterocycles. The van der Waals surface area contributed by atoms with Crippen molar-refractivity contribution < 1.29 is 19.1 Å². The van der Waals surface area contributed by atoms with E-state index < -0.39 is 23.2 Å². The van der Waals surface area contributed by atoms with E-state index >= 15 is 0 Å². The van der Waals surface area contributed by atoms with E-state index in [1.54, 1.807) is 6.20 Å². The Morgan fingerprint density at radius 3 is 2.70 bits per heavy atom. The first-order chi connectivity index (χ1) is 11.1. The number of esters is 2. The molecule has 2 aliphatic rings. The van der Waals surface area contributed by atoms with Crippen LogP contribution >= 0.6 is 0 Å². The monoisotopic (exact) mass is 316 g/mol. The fourth-order valence-corrected chi connectivity index (χ4v) is 4.10. The molecule has 3 rings (SSSR count). The summed E-state index contributed by atoms with van der Waals surface area (Å²) in [5.74, 6) is -1.99. The minimum atomic E-state index is -0.643. The quantitative estimate of drug-likeness (QED) is 0.670. The number of carbonyl (C=O) groups excluding carboxylic acids is 2. The third-order valence-corrected chi connectivity index (χ3v) is 5.04. The molecule has 1 aromatic rings. The van der Waals surface area contributed by atoms with Crippen LogP contribution in [0.2, 0.25) is 0 Å². The van der Waals surface area contributed by atoms with E-state index in [2.05, 4.69) is 10.3 Å². The van der Waals surface area contributed by atoms with Crippen molar-refractivity contribution in [3.05, 3.63) is 36.2 Å². The zero-order valence-electron chi connectivity index (χ0n) is 13.4. The summed E-state index contributed by atoms with van der Waals surface area (Å²) >= 11 is 0. The van der Waals surface area contributed by atoms with Crippen LogP contribution in [-0.2, 0) is 24.5 Å². The first-order valence-corrected chi connectivity index (χ1v) is 7.57. The van der Waals surface area contributed by atoms with E-state index in [4.69, 9.17) is 9.47 Å². The number of methoxy groups -OCH3 is 2. The third-order valence-electron chi connectivity index (χ3n) is 5.04. The molecule has 0 spiro atoms. The number of nitrogens with one attached hydrogen (secondary N) is 1. The lowest BCUT2D eigenvalue weighted by molar-refractivity contribution is -0.158. The maximum absolute atomic E-state index is 12.5. The molecule has 2 aliphatic carbocycles. The molecule has 2 bridgehead atoms. The van der Waals surface area contributed by atoms with Gasteiger partial charge in [-0.1, -0.05) is 12.2 Å². The van der Waals surface area contributed by atoms with Crippen LogP contribution in [0.3, 0.4) is 0 Å². The second-order valence-corrected chi connectivity index (χ2v) is 5.97. The van der Waals surface area contributed by atoms with Gasteiger partial charge < -0.3 is 14.8 Å². The summed E-state index contributed by atoms with van der Waals surface area (Å²) in [6, 6.07) is 3.75. The number of anilines is 1. The summed E-state index contributed by atoms with van der Waals surface area (Å²) in [5, 5.41) is 3.12. The maximum Gasteiger partial charge on any atom is 0.310 e. The average molecular weight is 316 g/mol. The fourth-order valence-electron chi connectivity index (χ4n) is 4.10. The summed E-state index contributed by atoms with van der Waals surface area (Å²) in [4.78, 5) is 29.3. The van der Waals surface area contributed by atoms with Crippen molar-refractivity contribution >= 4 is 17.6 Å². The highest BCUT2D eigenvalue weighted by Crippen LogP contribution is 2.59. The Morgan fingerprint density at radius 2 is 2.04 bits per heavy atom. The zero-order valence-corrected chi connectivity index (χ0v) is 13.4. The van der Waals surface area contributed by atoms with Gasteiger partial charge >= 0.3 is 11.9 Å². The standard InChI is InChI=1S/C17H20N2O4/c1-18-11-5-4-8-19-14(11)17-7-6-10(9-17)12(15(20)22-2)13(17)16(21)23-3/h4-8,10,12-13,18H,9H2,1-3H3/t10?,12-,13-,17?/m0/s1. The van der Waals surface area contributed by atoms with Crippen LogP contribution in [0, 0.1) is 17.8 Å². The molecule has 0 aromatic carbocycles. The molecule has 1 fully saturated rings. The lowest BCUT2D eigenvalue weighted by Gasteiger charge is -2.33. The van der Waals surface area contributed by atoms with Gasteiger partial charge in [0.1, 0.15) is 0 Å². The van der Waals surface area contributed by atoms with Crippen LogP contribution in [0.25, 0.3) is 0 Å². The van der Waals surface area contributed by atoms with Crippen LogP contribution in [-0.4, -0.2) is 38.2 Å². The Kier molecular flexibility index (Phi) is 3.83. The number of ether oxygens (including phenoxy) is 2. The first-order valence-electron chi connectivity index (χ1n) is 7.57. The van der Waals surface area contributed by atoms with Gasteiger partial charge in [-0.3, -0.25) is 14.6 Å². The fraction of sp³-hybridized carbons (Fsp3) is 0.471. The number of hydrogen-bond acceptors (Lipinski definition) is 6. The molecule has 4 atom stereocenters. The van der Waals surface area contributed by atoms with E-state index in [1.807, 2.05) is 31.3 Å². The highest BCUT2D eigenvalue weighted by molar-refractivity contribution is 5.87. The number of pyridine rings is 1. The molecule has 1 heterocycles. The number of rotatable bonds is 4. The van der Waals surface area contributed by atoms with Gasteiger partial charge in [0.25, 0.3) is 0 Å². The number of carbonyl (C=O) groups is 2. The van der Waals surface area contributed by atoms with Crippen molar-refractivity contribution in [3.8, 4) is 0 Å². The molecular weight excluding hydrogens is 296 g/mol. The van der Waals surface area contributed by atoms with Gasteiger partial charge in [0.05, 0.1) is 37.4 Å². The summed E-state index contributed by atoms with van der Waals surface area (Å²) in [5.41, 5.74) is 0.969. The van der Waals surface area contributed by atoms with E-state index in [-0.39, 0.29) is 11.9 Å². The molecule has 0 amide bonds. The zero-order chi connectivity index (χ0) is 16.6. The van der Waals surface area contributed by atoms with Crippen molar-refractivity contribution in [1.82, 2.24) is 4.98 Å². The summed E-state index contributed by atoms with van der Waals surface area (Å²) in [6.07, 6.45) is 6.35. The molecular formula is C17H20N2O4. The minimum absolute atomic E-state index is 0.0433. The first kappa shape index (κ1) is 15.5. The number of allylic oxidation sites excluding steroid dienone is 2. The highest BCUT2D eigenvalue weighted by atomic mass is 16.5. The maximum atomic E-state index is 12.5. The van der Waals surface area contributed by atoms with Crippen LogP contribution in [0.5, 0.6) is 0 Å². The second kappa shape index (κ2) is 5.68. The van der Waals surface area contributed by atoms with Crippen LogP contribution < -0.4 is 5.32 Å². The van der Waals surface area contributed by atoms with Crippen LogP contribution in [0.1, 0.15) is 12.1 Å². The molecule has 0 radical (unpaired) electrons. The molecule has 6 nitrogen and oxygen atoms in total. The van der Waals surface area contributed by atoms with E-state index in [1.165, 1.54) is 14.2 Å². The van der Waals surface area contributed by atoms with Crippen molar-refractivity contribution in [2.75, 3.05) is 26.6 Å². The van der Waals surface area contributed by atoms with Gasteiger partial charge in [0.2, 0.25) is 0 Å². The largest absolute Gasteiger partial charge is 0.469 e. The van der Waals surface area contributed by atoms with E-state index in [0.29, 0.717) is 6.42 Å². The summed E-state index contributed by atoms with van der Waals surface area (Å²) in [6.45, 7) is 0. The van der Waals surface area contributed by atoms with E-state index in [0.717, 1.165) is 11.4 Å². The molecule has 0 saturated heterocycles. The molecule has 2 unspecified atom stereocenters. The Bertz CT molecular complexity index is 672. The average Bonchev–Trinajstić information content (AvgIpc) is 3.17. The van der Waals surface area contributed by atoms with Crippen molar-refractivity contribution in [1.29, 1.82) is 0 Å². The molecule has 1 aromatic heterocycles. The normalized spacial score (nSPS) is 31.0. The Hall–Kier alpha value is -2.37. The SMILES string of the molecule is CNc1cccnc1C12C=CC(C1)[C@H](C(=O)OC)[C@H]2C(=O)OC. The van der Waals surface area contributed by atoms with Gasteiger partial charge in [0, 0.05) is 18.7 Å². The number of aromatic nitrogens is 1. The molecule has 23 heavy (non-hydrogen) atoms. The molecule has 1 saturated carbocycles. The predicted molar refractivity (Wildman–Crippen MR) is 83.7 cm³/mol. The van der Waals surface area contributed by atoms with Crippen molar-refractivity contribution in [2.45, 2.75) is 11.8 Å². The van der Waals surface area contributed by atoms with Crippen LogP contribution in [0.15, 0.2) is 30.5 Å². The number of fused-ring (bicyclic) bond motifs is 2. The topological polar surface area (TPSA) is 77.5 Å². The summed E-state index contributed by atoms with van der Waals surface area (Å²) < 4.78 is 9.94. The predicted octanol–water partition coefficient (Wildman–Crippen LogP) is 1.53. The highest BCUT2D eigenvalue weighted by Gasteiger charge is 2.63. The summed E-state index contributed by atoms with van der Waals surface area (Å²) in [7, 11) is 4.50. The van der Waals surface area contributed by atoms with Gasteiger partial charge in [-0.2, -0.15) is 0 Å². The van der Waals surface area contributed by atoms with Gasteiger partial charge in [-0.05, 0) is 24.5 Å². The third kappa shape index (κ3) is 2.12. The van der Waals surface area contributed by atoms with Gasteiger partial charge in [0.15, 0.2) is 0 Å². The molecule has 1 N–H and O–H groups in total. The Labute approximate surface area is 134 Å². The lowest BCUT2D eigenvalue weighted by atomic mass is 9.71. The second-order valence-electron chi connectivity index (χ2n) is 5.97. The Balaban J connectivity index is 2.15. The lowest BCUT2D eigenvalue weighted by Crippen LogP contribution is -2.42. The number of hydrogen-bond donors (Lipinski definition) is 1. The smallest absolute Gasteiger partial charge is 0.310 e. The molecule has 122 valence electrons. The van der Waals surface area contributed by atoms with Gasteiger partial charge in [-0.15, -0.1) is 0 Å². The van der Waals surface area contributed by atoms with E-state index in [9.17, 15) is 9.59 Å².